The molecule has 80 valence electrons. The van der Waals surface area contributed by atoms with E-state index < -0.39 is 0 Å². The van der Waals surface area contributed by atoms with E-state index in [1.165, 1.54) is 31.0 Å². The van der Waals surface area contributed by atoms with E-state index in [0.29, 0.717) is 11.7 Å². The third-order valence-electron chi connectivity index (χ3n) is 1.75. The summed E-state index contributed by atoms with van der Waals surface area (Å²) in [6.45, 7) is 5.26. The van der Waals surface area contributed by atoms with Crippen LogP contribution in [0.1, 0.15) is 5.56 Å². The molecule has 0 spiro atoms. The van der Waals surface area contributed by atoms with Crippen molar-refractivity contribution in [3.8, 4) is 5.88 Å². The molecule has 0 saturated carbocycles. The quantitative estimate of drug-likeness (QED) is 0.339. The molecular formula is C9H13N5O. The van der Waals surface area contributed by atoms with Gasteiger partial charge in [0.25, 0.3) is 0 Å². The summed E-state index contributed by atoms with van der Waals surface area (Å²) in [5, 5.41) is 1.28. The van der Waals surface area contributed by atoms with Gasteiger partial charge in [-0.15, -0.1) is 0 Å². The molecule has 1 aromatic rings. The number of anilines is 1. The van der Waals surface area contributed by atoms with Gasteiger partial charge >= 0.3 is 0 Å². The van der Waals surface area contributed by atoms with E-state index in [2.05, 4.69) is 21.5 Å². The summed E-state index contributed by atoms with van der Waals surface area (Å²) in [5.41, 5.74) is 0.748. The minimum atomic E-state index is 0.488. The molecule has 0 unspecified atom stereocenters. The normalized spacial score (nSPS) is 10.3. The minimum absolute atomic E-state index is 0.488. The molecule has 0 amide bonds. The maximum absolute atomic E-state index is 5.70. The topological polar surface area (TPSA) is 76.6 Å². The first kappa shape index (κ1) is 11.1. The van der Waals surface area contributed by atoms with Crippen LogP contribution >= 0.6 is 0 Å². The first-order valence-corrected chi connectivity index (χ1v) is 4.24. The van der Waals surface area contributed by atoms with Crippen LogP contribution in [0, 0.1) is 6.92 Å². The average Bonchev–Trinajstić information content (AvgIpc) is 2.26. The highest BCUT2D eigenvalue weighted by Crippen LogP contribution is 2.20. The van der Waals surface area contributed by atoms with Gasteiger partial charge in [-0.1, -0.05) is 6.58 Å². The first-order chi connectivity index (χ1) is 7.20. The number of hydrogen-bond donors (Lipinski definition) is 1. The number of nitrogens with zero attached hydrogens (tertiary/aromatic N) is 4. The summed E-state index contributed by atoms with van der Waals surface area (Å²) in [4.78, 5) is 11.7. The lowest BCUT2D eigenvalue weighted by molar-refractivity contribution is 0.393. The van der Waals surface area contributed by atoms with Gasteiger partial charge in [0.2, 0.25) is 5.88 Å². The Kier molecular flexibility index (Phi) is 3.75. The van der Waals surface area contributed by atoms with Crippen LogP contribution in [0.25, 0.3) is 0 Å². The maximum atomic E-state index is 5.70. The second kappa shape index (κ2) is 5.06. The molecule has 15 heavy (non-hydrogen) atoms. The Morgan fingerprint density at radius 3 is 2.93 bits per heavy atom. The van der Waals surface area contributed by atoms with Crippen molar-refractivity contribution in [3.05, 3.63) is 24.7 Å². The molecule has 2 N–H and O–H groups in total. The predicted octanol–water partition coefficient (Wildman–Crippen LogP) is 0.646. The number of hydrogen-bond acceptors (Lipinski definition) is 5. The molecule has 6 nitrogen and oxygen atoms in total. The van der Waals surface area contributed by atoms with E-state index in [4.69, 9.17) is 10.6 Å². The van der Waals surface area contributed by atoms with Crippen molar-refractivity contribution in [2.75, 3.05) is 12.1 Å². The number of methoxy groups -OCH3 is 1. The van der Waals surface area contributed by atoms with E-state index in [-0.39, 0.29) is 0 Å². The van der Waals surface area contributed by atoms with Gasteiger partial charge in [0.1, 0.15) is 12.7 Å². The number of nitrogens with two attached hydrogens (primary N) is 1. The second-order valence-electron chi connectivity index (χ2n) is 2.69. The Morgan fingerprint density at radius 1 is 1.60 bits per heavy atom. The van der Waals surface area contributed by atoms with Gasteiger partial charge in [-0.25, -0.2) is 20.8 Å². The molecule has 0 saturated heterocycles. The molecule has 0 fully saturated rings. The highest BCUT2D eigenvalue weighted by atomic mass is 16.5. The number of rotatable bonds is 4. The Labute approximate surface area is 88.1 Å². The molecule has 0 atom stereocenters. The molecule has 0 aliphatic heterocycles. The Hall–Kier alpha value is -1.95. The van der Waals surface area contributed by atoms with Crippen LogP contribution in [0.3, 0.4) is 0 Å². The smallest absolute Gasteiger partial charge is 0.221 e. The van der Waals surface area contributed by atoms with Gasteiger partial charge in [0.05, 0.1) is 12.7 Å². The van der Waals surface area contributed by atoms with Crippen LogP contribution in [0.15, 0.2) is 24.1 Å². The monoisotopic (exact) mass is 207 g/mol. The van der Waals surface area contributed by atoms with Crippen LogP contribution < -0.4 is 15.6 Å². The summed E-state index contributed by atoms with van der Waals surface area (Å²) in [5.74, 6) is 6.72. The zero-order valence-electron chi connectivity index (χ0n) is 8.71. The van der Waals surface area contributed by atoms with Gasteiger partial charge in [-0.3, -0.25) is 5.01 Å². The van der Waals surface area contributed by atoms with Gasteiger partial charge in [0.15, 0.2) is 5.82 Å². The molecule has 1 aromatic heterocycles. The molecule has 6 heteroatoms. The lowest BCUT2D eigenvalue weighted by Gasteiger charge is -2.14. The maximum Gasteiger partial charge on any atom is 0.221 e. The summed E-state index contributed by atoms with van der Waals surface area (Å²) in [6.07, 6.45) is 4.16. The summed E-state index contributed by atoms with van der Waals surface area (Å²) < 4.78 is 5.04. The van der Waals surface area contributed by atoms with Crippen LogP contribution in [0.4, 0.5) is 5.82 Å². The van der Waals surface area contributed by atoms with Crippen molar-refractivity contribution in [1.29, 1.82) is 0 Å². The van der Waals surface area contributed by atoms with E-state index in [1.54, 1.807) is 0 Å². The highest BCUT2D eigenvalue weighted by molar-refractivity contribution is 5.77. The van der Waals surface area contributed by atoms with Crippen molar-refractivity contribution in [1.82, 2.24) is 9.97 Å². The number of aromatic nitrogens is 2. The fraction of sp³-hybridized carbons (Fsp3) is 0.222. The van der Waals surface area contributed by atoms with Crippen molar-refractivity contribution in [3.63, 3.8) is 0 Å². The van der Waals surface area contributed by atoms with Gasteiger partial charge in [0, 0.05) is 6.20 Å². The van der Waals surface area contributed by atoms with E-state index in [1.807, 2.05) is 6.92 Å². The molecule has 0 radical (unpaired) electrons. The summed E-state index contributed by atoms with van der Waals surface area (Å²) in [7, 11) is 1.54. The molecule has 0 bridgehead atoms. The first-order valence-electron chi connectivity index (χ1n) is 4.24. The van der Waals surface area contributed by atoms with Gasteiger partial charge in [-0.05, 0) is 6.92 Å². The fourth-order valence-corrected chi connectivity index (χ4v) is 1.07. The average molecular weight is 207 g/mol. The Balaban J connectivity index is 3.03. The predicted molar refractivity (Wildman–Crippen MR) is 58.7 cm³/mol. The second-order valence-corrected chi connectivity index (χ2v) is 2.69. The Morgan fingerprint density at radius 2 is 2.33 bits per heavy atom. The standard InChI is InChI=1S/C9H13N5O/c1-4-11-6-14(10)8-7(2)9(15-3)13-5-12-8/h4-6H,1,10H2,2-3H3. The van der Waals surface area contributed by atoms with Crippen molar-refractivity contribution < 1.29 is 4.74 Å². The molecule has 1 heterocycles. The van der Waals surface area contributed by atoms with Crippen LogP contribution in [-0.4, -0.2) is 23.4 Å². The molecule has 0 aliphatic carbocycles. The lowest BCUT2D eigenvalue weighted by Crippen LogP contribution is -2.30. The summed E-state index contributed by atoms with van der Waals surface area (Å²) in [6, 6.07) is 0. The third-order valence-corrected chi connectivity index (χ3v) is 1.75. The lowest BCUT2D eigenvalue weighted by atomic mass is 10.3. The molecule has 1 rings (SSSR count). The van der Waals surface area contributed by atoms with E-state index in [0.717, 1.165) is 5.56 Å². The highest BCUT2D eigenvalue weighted by Gasteiger charge is 2.10. The van der Waals surface area contributed by atoms with Gasteiger partial charge in [-0.2, -0.15) is 0 Å². The Bertz CT molecular complexity index is 377. The molecular weight excluding hydrogens is 194 g/mol. The zero-order chi connectivity index (χ0) is 11.3. The zero-order valence-corrected chi connectivity index (χ0v) is 8.71. The van der Waals surface area contributed by atoms with Crippen molar-refractivity contribution in [2.24, 2.45) is 10.8 Å². The number of hydrazine groups is 1. The number of ether oxygens (including phenoxy) is 1. The largest absolute Gasteiger partial charge is 0.481 e. The number of aliphatic imine (C=N–C) groups is 1. The van der Waals surface area contributed by atoms with Crippen molar-refractivity contribution >= 4 is 12.2 Å². The molecule has 0 aliphatic rings. The van der Waals surface area contributed by atoms with E-state index >= 15 is 0 Å². The fourth-order valence-electron chi connectivity index (χ4n) is 1.07. The SMILES string of the molecule is C=CN=CN(N)c1ncnc(OC)c1C. The molecule has 0 aromatic carbocycles. The minimum Gasteiger partial charge on any atom is -0.481 e. The van der Waals surface area contributed by atoms with Crippen LogP contribution in [-0.2, 0) is 0 Å². The van der Waals surface area contributed by atoms with Crippen molar-refractivity contribution in [2.45, 2.75) is 6.92 Å². The van der Waals surface area contributed by atoms with Gasteiger partial charge < -0.3 is 4.74 Å². The summed E-state index contributed by atoms with van der Waals surface area (Å²) >= 11 is 0. The third kappa shape index (κ3) is 2.50. The van der Waals surface area contributed by atoms with E-state index in [9.17, 15) is 0 Å². The van der Waals surface area contributed by atoms with Crippen LogP contribution in [0.2, 0.25) is 0 Å². The van der Waals surface area contributed by atoms with Crippen LogP contribution in [0.5, 0.6) is 5.88 Å².